The first-order valence-corrected chi connectivity index (χ1v) is 11.1. The lowest BCUT2D eigenvalue weighted by Crippen LogP contribution is -2.30. The molecule has 0 bridgehead atoms. The maximum atomic E-state index is 13.0. The Labute approximate surface area is 189 Å². The van der Waals surface area contributed by atoms with Gasteiger partial charge in [-0.1, -0.05) is 32.9 Å². The third-order valence-electron chi connectivity index (χ3n) is 5.20. The Bertz CT molecular complexity index is 994. The van der Waals surface area contributed by atoms with E-state index in [1.54, 1.807) is 24.3 Å². The zero-order valence-corrected chi connectivity index (χ0v) is 19.1. The van der Waals surface area contributed by atoms with Crippen LogP contribution in [0.25, 0.3) is 5.76 Å². The largest absolute Gasteiger partial charge is 0.507 e. The fraction of sp³-hybridized carbons (Fsp3) is 0.385. The summed E-state index contributed by atoms with van der Waals surface area (Å²) in [7, 11) is 0. The highest BCUT2D eigenvalue weighted by molar-refractivity contribution is 6.46. The zero-order chi connectivity index (χ0) is 23.3. The third-order valence-corrected chi connectivity index (χ3v) is 5.20. The van der Waals surface area contributed by atoms with E-state index in [0.29, 0.717) is 49.2 Å². The van der Waals surface area contributed by atoms with Crippen molar-refractivity contribution in [3.05, 3.63) is 65.2 Å². The van der Waals surface area contributed by atoms with Crippen molar-refractivity contribution in [2.24, 2.45) is 5.92 Å². The lowest BCUT2D eigenvalue weighted by molar-refractivity contribution is -0.139. The Morgan fingerprint density at radius 3 is 2.38 bits per heavy atom. The smallest absolute Gasteiger partial charge is 0.295 e. The summed E-state index contributed by atoms with van der Waals surface area (Å²) in [6.45, 7) is 9.47. The average molecular weight is 438 g/mol. The van der Waals surface area contributed by atoms with Gasteiger partial charge in [-0.15, -0.1) is 0 Å². The summed E-state index contributed by atoms with van der Waals surface area (Å²) in [5.41, 5.74) is 1.28. The summed E-state index contributed by atoms with van der Waals surface area (Å²) in [6.07, 6.45) is 0.691. The highest BCUT2D eigenvalue weighted by Gasteiger charge is 2.45. The van der Waals surface area contributed by atoms with Crippen LogP contribution in [0.15, 0.2) is 54.1 Å². The molecule has 1 saturated heterocycles. The van der Waals surface area contributed by atoms with E-state index in [9.17, 15) is 14.7 Å². The second kappa shape index (κ2) is 10.4. The number of likely N-dealkylation sites (tertiary alicyclic amines) is 1. The first-order chi connectivity index (χ1) is 15.4. The minimum absolute atomic E-state index is 0.0913. The zero-order valence-electron chi connectivity index (χ0n) is 19.1. The van der Waals surface area contributed by atoms with Gasteiger partial charge < -0.3 is 19.5 Å². The maximum Gasteiger partial charge on any atom is 0.295 e. The molecule has 0 saturated carbocycles. The number of benzene rings is 2. The molecule has 1 amide bonds. The molecule has 2 aromatic rings. The molecule has 1 N–H and O–H groups in total. The maximum absolute atomic E-state index is 13.0. The van der Waals surface area contributed by atoms with Crippen LogP contribution >= 0.6 is 0 Å². The molecule has 1 heterocycles. The van der Waals surface area contributed by atoms with Gasteiger partial charge >= 0.3 is 0 Å². The number of ether oxygens (including phenoxy) is 2. The van der Waals surface area contributed by atoms with Crippen molar-refractivity contribution in [2.75, 3.05) is 19.8 Å². The topological polar surface area (TPSA) is 76.1 Å². The van der Waals surface area contributed by atoms with Crippen molar-refractivity contribution in [3.8, 4) is 11.5 Å². The third kappa shape index (κ3) is 4.96. The van der Waals surface area contributed by atoms with Gasteiger partial charge in [0.2, 0.25) is 0 Å². The number of ketones is 1. The van der Waals surface area contributed by atoms with Gasteiger partial charge in [0.25, 0.3) is 11.7 Å². The van der Waals surface area contributed by atoms with E-state index in [1.165, 1.54) is 4.90 Å². The van der Waals surface area contributed by atoms with Crippen LogP contribution in [-0.2, 0) is 9.59 Å². The first-order valence-electron chi connectivity index (χ1n) is 11.1. The number of hydrogen-bond acceptors (Lipinski definition) is 5. The van der Waals surface area contributed by atoms with E-state index in [-0.39, 0.29) is 11.3 Å². The number of aliphatic hydroxyl groups is 1. The molecule has 6 nitrogen and oxygen atoms in total. The molecule has 3 rings (SSSR count). The van der Waals surface area contributed by atoms with Gasteiger partial charge in [0.1, 0.15) is 17.3 Å². The normalized spacial score (nSPS) is 17.8. The van der Waals surface area contributed by atoms with Gasteiger partial charge in [-0.3, -0.25) is 9.59 Å². The molecule has 170 valence electrons. The van der Waals surface area contributed by atoms with Crippen LogP contribution in [0.1, 0.15) is 51.3 Å². The summed E-state index contributed by atoms with van der Waals surface area (Å²) in [5, 5.41) is 11.1. The van der Waals surface area contributed by atoms with E-state index >= 15 is 0 Å². The van der Waals surface area contributed by atoms with E-state index < -0.39 is 17.7 Å². The van der Waals surface area contributed by atoms with E-state index in [0.717, 1.165) is 5.56 Å². The van der Waals surface area contributed by atoms with E-state index in [4.69, 9.17) is 9.47 Å². The fourth-order valence-electron chi connectivity index (χ4n) is 3.77. The Hall–Kier alpha value is -3.28. The van der Waals surface area contributed by atoms with Crippen LogP contribution in [0.5, 0.6) is 11.5 Å². The Morgan fingerprint density at radius 1 is 1.03 bits per heavy atom. The van der Waals surface area contributed by atoms with Gasteiger partial charge in [0.15, 0.2) is 0 Å². The fourth-order valence-corrected chi connectivity index (χ4v) is 3.77. The van der Waals surface area contributed by atoms with Crippen molar-refractivity contribution in [2.45, 2.75) is 40.2 Å². The van der Waals surface area contributed by atoms with E-state index in [1.807, 2.05) is 38.1 Å². The molecule has 1 aliphatic rings. The van der Waals surface area contributed by atoms with Crippen LogP contribution in [-0.4, -0.2) is 41.5 Å². The summed E-state index contributed by atoms with van der Waals surface area (Å²) >= 11 is 0. The SMILES string of the molecule is CCCN1C(=O)C(=O)/C(=C(\O)c2ccc(OCC)cc2)C1c1cccc(OCC(C)C)c1. The number of carbonyl (C=O) groups is 2. The van der Waals surface area contributed by atoms with Crippen LogP contribution in [0.4, 0.5) is 0 Å². The Kier molecular flexibility index (Phi) is 7.57. The summed E-state index contributed by atoms with van der Waals surface area (Å²) < 4.78 is 11.3. The van der Waals surface area contributed by atoms with Crippen LogP contribution < -0.4 is 9.47 Å². The van der Waals surface area contributed by atoms with Gasteiger partial charge in [-0.05, 0) is 61.2 Å². The highest BCUT2D eigenvalue weighted by atomic mass is 16.5. The van der Waals surface area contributed by atoms with Crippen molar-refractivity contribution < 1.29 is 24.2 Å². The van der Waals surface area contributed by atoms with Crippen LogP contribution in [0, 0.1) is 5.92 Å². The quantitative estimate of drug-likeness (QED) is 0.341. The minimum Gasteiger partial charge on any atom is -0.507 e. The molecule has 0 aliphatic carbocycles. The number of nitrogens with zero attached hydrogens (tertiary/aromatic N) is 1. The molecule has 1 fully saturated rings. The molecule has 0 spiro atoms. The molecular formula is C26H31NO5. The Balaban J connectivity index is 2.07. The van der Waals surface area contributed by atoms with Gasteiger partial charge in [0.05, 0.1) is 24.8 Å². The molecule has 1 unspecified atom stereocenters. The predicted molar refractivity (Wildman–Crippen MR) is 124 cm³/mol. The number of amides is 1. The number of hydrogen-bond donors (Lipinski definition) is 1. The number of carbonyl (C=O) groups excluding carboxylic acids is 2. The molecule has 1 aliphatic heterocycles. The molecule has 2 aromatic carbocycles. The predicted octanol–water partition coefficient (Wildman–Crippen LogP) is 4.95. The second-order valence-electron chi connectivity index (χ2n) is 8.23. The summed E-state index contributed by atoms with van der Waals surface area (Å²) in [5.74, 6) is 0.232. The summed E-state index contributed by atoms with van der Waals surface area (Å²) in [6, 6.07) is 13.5. The highest BCUT2D eigenvalue weighted by Crippen LogP contribution is 2.40. The minimum atomic E-state index is -0.677. The first kappa shape index (κ1) is 23.4. The molecule has 32 heavy (non-hydrogen) atoms. The lowest BCUT2D eigenvalue weighted by Gasteiger charge is -2.25. The molecule has 0 aromatic heterocycles. The lowest BCUT2D eigenvalue weighted by atomic mass is 9.95. The Morgan fingerprint density at radius 2 is 1.75 bits per heavy atom. The van der Waals surface area contributed by atoms with Crippen molar-refractivity contribution in [3.63, 3.8) is 0 Å². The molecule has 6 heteroatoms. The van der Waals surface area contributed by atoms with E-state index in [2.05, 4.69) is 13.8 Å². The van der Waals surface area contributed by atoms with Crippen molar-refractivity contribution in [1.82, 2.24) is 4.90 Å². The molecular weight excluding hydrogens is 406 g/mol. The number of Topliss-reactive ketones (excluding diaryl/α,β-unsaturated/α-hetero) is 1. The standard InChI is InChI=1S/C26H31NO5/c1-5-14-27-23(19-8-7-9-21(15-19)32-16-17(3)4)22(25(29)26(27)30)24(28)18-10-12-20(13-11-18)31-6-2/h7-13,15,17,23,28H,5-6,14,16H2,1-4H3/b24-22-. The molecule has 1 atom stereocenters. The van der Waals surface area contributed by atoms with Gasteiger partial charge in [0, 0.05) is 12.1 Å². The van der Waals surface area contributed by atoms with Crippen molar-refractivity contribution >= 4 is 17.4 Å². The van der Waals surface area contributed by atoms with Crippen LogP contribution in [0.3, 0.4) is 0 Å². The van der Waals surface area contributed by atoms with Crippen LogP contribution in [0.2, 0.25) is 0 Å². The second-order valence-corrected chi connectivity index (χ2v) is 8.23. The summed E-state index contributed by atoms with van der Waals surface area (Å²) in [4.78, 5) is 27.4. The van der Waals surface area contributed by atoms with Crippen molar-refractivity contribution in [1.29, 1.82) is 0 Å². The average Bonchev–Trinajstić information content (AvgIpc) is 3.03. The monoisotopic (exact) mass is 437 g/mol. The number of rotatable bonds is 9. The van der Waals surface area contributed by atoms with Gasteiger partial charge in [-0.25, -0.2) is 0 Å². The molecule has 0 radical (unpaired) electrons. The van der Waals surface area contributed by atoms with Gasteiger partial charge in [-0.2, -0.15) is 0 Å². The number of aliphatic hydroxyl groups excluding tert-OH is 1.